The van der Waals surface area contributed by atoms with Crippen molar-refractivity contribution in [1.82, 2.24) is 19.5 Å². The summed E-state index contributed by atoms with van der Waals surface area (Å²) < 4.78 is 1.95. The molecule has 0 aromatic carbocycles. The van der Waals surface area contributed by atoms with Gasteiger partial charge in [0.1, 0.15) is 5.82 Å². The summed E-state index contributed by atoms with van der Waals surface area (Å²) in [6.45, 7) is 8.11. The van der Waals surface area contributed by atoms with Gasteiger partial charge in [0, 0.05) is 37.5 Å². The van der Waals surface area contributed by atoms with E-state index < -0.39 is 0 Å². The summed E-state index contributed by atoms with van der Waals surface area (Å²) in [7, 11) is 6.27. The largest absolute Gasteiger partial charge is 0.358 e. The summed E-state index contributed by atoms with van der Waals surface area (Å²) in [4.78, 5) is 9.01. The van der Waals surface area contributed by atoms with Crippen molar-refractivity contribution in [1.29, 1.82) is 0 Å². The maximum atomic E-state index is 4.60. The van der Waals surface area contributed by atoms with Crippen LogP contribution in [0.4, 0.5) is 5.82 Å². The van der Waals surface area contributed by atoms with Gasteiger partial charge in [0.05, 0.1) is 5.69 Å². The highest BCUT2D eigenvalue weighted by Gasteiger charge is 2.13. The van der Waals surface area contributed by atoms with Crippen molar-refractivity contribution in [3.63, 3.8) is 0 Å². The summed E-state index contributed by atoms with van der Waals surface area (Å²) in [6, 6.07) is 2.09. The van der Waals surface area contributed by atoms with Crippen LogP contribution in [0.1, 0.15) is 17.0 Å². The molecule has 0 fully saturated rings. The van der Waals surface area contributed by atoms with E-state index >= 15 is 0 Å². The van der Waals surface area contributed by atoms with E-state index in [1.807, 2.05) is 18.4 Å². The Labute approximate surface area is 114 Å². The molecule has 0 atom stereocenters. The fourth-order valence-electron chi connectivity index (χ4n) is 2.07. The van der Waals surface area contributed by atoms with Crippen LogP contribution >= 0.6 is 0 Å². The van der Waals surface area contributed by atoms with Crippen molar-refractivity contribution in [2.75, 3.05) is 39.1 Å². The number of anilines is 1. The first kappa shape index (κ1) is 13.8. The molecule has 0 aliphatic carbocycles. The zero-order chi connectivity index (χ0) is 14.2. The van der Waals surface area contributed by atoms with E-state index in [1.165, 1.54) is 0 Å². The van der Waals surface area contributed by atoms with Gasteiger partial charge in [0.25, 0.3) is 0 Å². The molecule has 0 saturated heterocycles. The lowest BCUT2D eigenvalue weighted by Gasteiger charge is -2.22. The first-order valence-corrected chi connectivity index (χ1v) is 6.59. The molecule has 0 N–H and O–H groups in total. The standard InChI is InChI=1S/C14H23N5/c1-10-9-13(18(6)8-7-17(4)5)19-14(15-10)11(2)12(3)16-19/h9H,7-8H2,1-6H3. The molecule has 0 amide bonds. The zero-order valence-corrected chi connectivity index (χ0v) is 12.7. The summed E-state index contributed by atoms with van der Waals surface area (Å²) in [5.41, 5.74) is 4.19. The number of likely N-dealkylation sites (N-methyl/N-ethyl adjacent to an activating group) is 2. The van der Waals surface area contributed by atoms with Crippen LogP contribution in [0.5, 0.6) is 0 Å². The van der Waals surface area contributed by atoms with Gasteiger partial charge in [-0.05, 0) is 34.9 Å². The lowest BCUT2D eigenvalue weighted by atomic mass is 10.3. The van der Waals surface area contributed by atoms with E-state index in [1.54, 1.807) is 0 Å². The minimum atomic E-state index is 0.962. The molecule has 5 heteroatoms. The lowest BCUT2D eigenvalue weighted by Crippen LogP contribution is -2.30. The van der Waals surface area contributed by atoms with Gasteiger partial charge < -0.3 is 9.80 Å². The third-order valence-electron chi connectivity index (χ3n) is 3.44. The fourth-order valence-corrected chi connectivity index (χ4v) is 2.07. The molecule has 0 radical (unpaired) electrons. The number of hydrogen-bond donors (Lipinski definition) is 0. The maximum Gasteiger partial charge on any atom is 0.160 e. The highest BCUT2D eigenvalue weighted by atomic mass is 15.3. The number of rotatable bonds is 4. The van der Waals surface area contributed by atoms with Crippen LogP contribution in [0.3, 0.4) is 0 Å². The molecule has 104 valence electrons. The first-order chi connectivity index (χ1) is 8.90. The third-order valence-corrected chi connectivity index (χ3v) is 3.44. The quantitative estimate of drug-likeness (QED) is 0.838. The lowest BCUT2D eigenvalue weighted by molar-refractivity contribution is 0.416. The molecule has 0 bridgehead atoms. The predicted molar refractivity (Wildman–Crippen MR) is 79.0 cm³/mol. The van der Waals surface area contributed by atoms with Crippen molar-refractivity contribution in [2.45, 2.75) is 20.8 Å². The molecular weight excluding hydrogens is 238 g/mol. The Morgan fingerprint density at radius 3 is 2.42 bits per heavy atom. The summed E-state index contributed by atoms with van der Waals surface area (Å²) in [6.07, 6.45) is 0. The topological polar surface area (TPSA) is 36.7 Å². The second kappa shape index (κ2) is 5.17. The van der Waals surface area contributed by atoms with Gasteiger partial charge in [0.15, 0.2) is 5.65 Å². The minimum Gasteiger partial charge on any atom is -0.358 e. The Bertz CT molecular complexity index is 585. The molecule has 2 aromatic heterocycles. The summed E-state index contributed by atoms with van der Waals surface area (Å²) in [5.74, 6) is 1.10. The highest BCUT2D eigenvalue weighted by molar-refractivity contribution is 5.56. The molecule has 0 spiro atoms. The number of fused-ring (bicyclic) bond motifs is 1. The van der Waals surface area contributed by atoms with Crippen LogP contribution in [-0.4, -0.2) is 53.7 Å². The van der Waals surface area contributed by atoms with E-state index in [4.69, 9.17) is 0 Å². The van der Waals surface area contributed by atoms with Crippen LogP contribution in [0.25, 0.3) is 5.65 Å². The molecule has 2 rings (SSSR count). The number of aromatic nitrogens is 3. The second-order valence-electron chi connectivity index (χ2n) is 5.43. The van der Waals surface area contributed by atoms with Crippen LogP contribution < -0.4 is 4.90 Å². The Balaban J connectivity index is 2.44. The Hall–Kier alpha value is -1.62. The molecule has 2 heterocycles. The van der Waals surface area contributed by atoms with Gasteiger partial charge in [-0.15, -0.1) is 0 Å². The van der Waals surface area contributed by atoms with Gasteiger partial charge in [-0.1, -0.05) is 0 Å². The zero-order valence-electron chi connectivity index (χ0n) is 12.7. The molecule has 5 nitrogen and oxygen atoms in total. The van der Waals surface area contributed by atoms with E-state index in [0.29, 0.717) is 0 Å². The van der Waals surface area contributed by atoms with Gasteiger partial charge in [0.2, 0.25) is 0 Å². The highest BCUT2D eigenvalue weighted by Crippen LogP contribution is 2.20. The average Bonchev–Trinajstić information content (AvgIpc) is 2.62. The molecule has 0 aliphatic heterocycles. The van der Waals surface area contributed by atoms with Crippen molar-refractivity contribution in [3.8, 4) is 0 Å². The van der Waals surface area contributed by atoms with Crippen molar-refractivity contribution in [3.05, 3.63) is 23.0 Å². The van der Waals surface area contributed by atoms with Gasteiger partial charge in [-0.25, -0.2) is 4.98 Å². The van der Waals surface area contributed by atoms with E-state index in [0.717, 1.165) is 41.5 Å². The first-order valence-electron chi connectivity index (χ1n) is 6.59. The Morgan fingerprint density at radius 2 is 1.79 bits per heavy atom. The van der Waals surface area contributed by atoms with E-state index in [9.17, 15) is 0 Å². The van der Waals surface area contributed by atoms with Crippen LogP contribution in [0.2, 0.25) is 0 Å². The molecule has 0 aliphatic rings. The van der Waals surface area contributed by atoms with Crippen molar-refractivity contribution >= 4 is 11.5 Å². The van der Waals surface area contributed by atoms with E-state index in [2.05, 4.69) is 54.0 Å². The number of aryl methyl sites for hydroxylation is 3. The second-order valence-corrected chi connectivity index (χ2v) is 5.43. The molecule has 0 unspecified atom stereocenters. The molecule has 19 heavy (non-hydrogen) atoms. The van der Waals surface area contributed by atoms with Crippen LogP contribution in [0, 0.1) is 20.8 Å². The molecule has 0 saturated carbocycles. The Kier molecular flexibility index (Phi) is 3.75. The van der Waals surface area contributed by atoms with Crippen molar-refractivity contribution < 1.29 is 0 Å². The minimum absolute atomic E-state index is 0.962. The fraction of sp³-hybridized carbons (Fsp3) is 0.571. The predicted octanol–water partition coefficient (Wildman–Crippen LogP) is 1.65. The van der Waals surface area contributed by atoms with Crippen molar-refractivity contribution in [2.24, 2.45) is 0 Å². The normalized spacial score (nSPS) is 11.5. The average molecular weight is 261 g/mol. The maximum absolute atomic E-state index is 4.60. The van der Waals surface area contributed by atoms with Gasteiger partial charge in [-0.2, -0.15) is 9.61 Å². The molecule has 2 aromatic rings. The Morgan fingerprint density at radius 1 is 1.11 bits per heavy atom. The monoisotopic (exact) mass is 261 g/mol. The third kappa shape index (κ3) is 2.71. The van der Waals surface area contributed by atoms with Gasteiger partial charge >= 0.3 is 0 Å². The number of hydrogen-bond acceptors (Lipinski definition) is 4. The summed E-state index contributed by atoms with van der Waals surface area (Å²) >= 11 is 0. The van der Waals surface area contributed by atoms with E-state index in [-0.39, 0.29) is 0 Å². The van der Waals surface area contributed by atoms with Crippen LogP contribution in [0.15, 0.2) is 6.07 Å². The smallest absolute Gasteiger partial charge is 0.160 e. The number of nitrogens with zero attached hydrogens (tertiary/aromatic N) is 5. The molecular formula is C14H23N5. The summed E-state index contributed by atoms with van der Waals surface area (Å²) in [5, 5.41) is 4.60. The van der Waals surface area contributed by atoms with Gasteiger partial charge in [-0.3, -0.25) is 0 Å². The van der Waals surface area contributed by atoms with Crippen LogP contribution in [-0.2, 0) is 0 Å². The SMILES string of the molecule is Cc1cc(N(C)CCN(C)C)n2nc(C)c(C)c2n1.